The first-order valence-electron chi connectivity index (χ1n) is 5.91. The van der Waals surface area contributed by atoms with Crippen LogP contribution in [0.4, 0.5) is 0 Å². The molecule has 1 atom stereocenters. The Labute approximate surface area is 117 Å². The van der Waals surface area contributed by atoms with Crippen molar-refractivity contribution < 1.29 is 4.79 Å². The molecule has 0 saturated carbocycles. The SMILES string of the molecule is C[C@H](NC(=O)c1c[nH]c(=O)cn1)c1cn2ccsc2n1. The molecule has 0 bridgehead atoms. The van der Waals surface area contributed by atoms with Crippen molar-refractivity contribution in [3.63, 3.8) is 0 Å². The van der Waals surface area contributed by atoms with Crippen molar-refractivity contribution in [1.29, 1.82) is 0 Å². The maximum atomic E-state index is 12.0. The van der Waals surface area contributed by atoms with Gasteiger partial charge in [0, 0.05) is 24.0 Å². The van der Waals surface area contributed by atoms with Gasteiger partial charge >= 0.3 is 0 Å². The lowest BCUT2D eigenvalue weighted by Crippen LogP contribution is -2.28. The number of imidazole rings is 1. The summed E-state index contributed by atoms with van der Waals surface area (Å²) in [4.78, 5) is 34.4. The molecule has 0 aliphatic heterocycles. The van der Waals surface area contributed by atoms with Crippen LogP contribution in [0, 0.1) is 0 Å². The smallest absolute Gasteiger partial charge is 0.271 e. The number of aromatic nitrogens is 4. The third-order valence-electron chi connectivity index (χ3n) is 2.81. The molecule has 8 heteroatoms. The number of thiazole rings is 1. The van der Waals surface area contributed by atoms with E-state index in [2.05, 4.69) is 20.3 Å². The standard InChI is InChI=1S/C12H11N5O2S/c1-7(9-6-17-2-3-20-12(17)16-9)15-11(19)8-4-14-10(18)5-13-8/h2-7H,1H3,(H,14,18)(H,15,19)/t7-/m0/s1. The van der Waals surface area contributed by atoms with E-state index in [1.165, 1.54) is 17.5 Å². The van der Waals surface area contributed by atoms with Gasteiger partial charge in [-0.2, -0.15) is 0 Å². The number of H-pyrrole nitrogens is 1. The first kappa shape index (κ1) is 12.5. The molecule has 3 heterocycles. The number of carbonyl (C=O) groups excluding carboxylic acids is 1. The second-order valence-electron chi connectivity index (χ2n) is 4.25. The molecule has 0 unspecified atom stereocenters. The topological polar surface area (TPSA) is 92.1 Å². The fourth-order valence-corrected chi connectivity index (χ4v) is 2.47. The van der Waals surface area contributed by atoms with Gasteiger partial charge in [0.1, 0.15) is 5.69 Å². The van der Waals surface area contributed by atoms with E-state index in [-0.39, 0.29) is 23.2 Å². The number of aromatic amines is 1. The molecule has 0 aliphatic rings. The van der Waals surface area contributed by atoms with Gasteiger partial charge in [-0.15, -0.1) is 11.3 Å². The van der Waals surface area contributed by atoms with Gasteiger partial charge in [-0.25, -0.2) is 9.97 Å². The highest BCUT2D eigenvalue weighted by atomic mass is 32.1. The van der Waals surface area contributed by atoms with E-state index in [0.717, 1.165) is 16.9 Å². The summed E-state index contributed by atoms with van der Waals surface area (Å²) >= 11 is 1.53. The average Bonchev–Trinajstić information content (AvgIpc) is 2.99. The summed E-state index contributed by atoms with van der Waals surface area (Å²) < 4.78 is 1.90. The molecule has 0 radical (unpaired) electrons. The Morgan fingerprint density at radius 2 is 2.40 bits per heavy atom. The molecule has 20 heavy (non-hydrogen) atoms. The van der Waals surface area contributed by atoms with Crippen LogP contribution in [-0.4, -0.2) is 25.3 Å². The molecule has 0 spiro atoms. The second kappa shape index (κ2) is 4.89. The number of fused-ring (bicyclic) bond motifs is 1. The predicted octanol–water partition coefficient (Wildman–Crippen LogP) is 0.970. The van der Waals surface area contributed by atoms with E-state index in [1.54, 1.807) is 0 Å². The van der Waals surface area contributed by atoms with Crippen molar-refractivity contribution in [2.45, 2.75) is 13.0 Å². The van der Waals surface area contributed by atoms with Crippen molar-refractivity contribution in [1.82, 2.24) is 24.7 Å². The lowest BCUT2D eigenvalue weighted by atomic mass is 10.2. The van der Waals surface area contributed by atoms with Crippen LogP contribution in [0.15, 0.2) is 35.0 Å². The van der Waals surface area contributed by atoms with E-state index in [0.29, 0.717) is 0 Å². The molecule has 3 aromatic heterocycles. The Kier molecular flexibility index (Phi) is 3.07. The Bertz CT molecular complexity index is 769. The molecular weight excluding hydrogens is 278 g/mol. The van der Waals surface area contributed by atoms with E-state index >= 15 is 0 Å². The molecule has 0 aliphatic carbocycles. The van der Waals surface area contributed by atoms with Crippen molar-refractivity contribution in [2.75, 3.05) is 0 Å². The van der Waals surface area contributed by atoms with Gasteiger partial charge in [0.05, 0.1) is 17.9 Å². The fraction of sp³-hybridized carbons (Fsp3) is 0.167. The van der Waals surface area contributed by atoms with Crippen LogP contribution in [-0.2, 0) is 0 Å². The minimum Gasteiger partial charge on any atom is -0.342 e. The zero-order chi connectivity index (χ0) is 14.1. The number of nitrogens with one attached hydrogen (secondary N) is 2. The van der Waals surface area contributed by atoms with Crippen LogP contribution in [0.25, 0.3) is 4.96 Å². The molecule has 2 N–H and O–H groups in total. The molecule has 102 valence electrons. The Balaban J connectivity index is 1.76. The van der Waals surface area contributed by atoms with Gasteiger partial charge in [-0.05, 0) is 6.92 Å². The van der Waals surface area contributed by atoms with Crippen molar-refractivity contribution in [3.05, 3.63) is 51.9 Å². The maximum absolute atomic E-state index is 12.0. The highest BCUT2D eigenvalue weighted by molar-refractivity contribution is 7.15. The van der Waals surface area contributed by atoms with Gasteiger partial charge in [0.15, 0.2) is 4.96 Å². The van der Waals surface area contributed by atoms with Crippen LogP contribution >= 0.6 is 11.3 Å². The zero-order valence-corrected chi connectivity index (χ0v) is 11.3. The summed E-state index contributed by atoms with van der Waals surface area (Å²) in [6, 6.07) is -0.247. The monoisotopic (exact) mass is 289 g/mol. The largest absolute Gasteiger partial charge is 0.342 e. The van der Waals surface area contributed by atoms with Crippen molar-refractivity contribution in [2.24, 2.45) is 0 Å². The zero-order valence-electron chi connectivity index (χ0n) is 10.5. The molecule has 1 amide bonds. The van der Waals surface area contributed by atoms with Gasteiger partial charge in [-0.3, -0.25) is 14.0 Å². The first-order valence-corrected chi connectivity index (χ1v) is 6.79. The number of nitrogens with zero attached hydrogens (tertiary/aromatic N) is 3. The van der Waals surface area contributed by atoms with Gasteiger partial charge < -0.3 is 10.3 Å². The Hall–Kier alpha value is -2.48. The molecule has 0 aromatic carbocycles. The number of carbonyl (C=O) groups is 1. The summed E-state index contributed by atoms with van der Waals surface area (Å²) in [7, 11) is 0. The number of hydrogen-bond donors (Lipinski definition) is 2. The van der Waals surface area contributed by atoms with Crippen molar-refractivity contribution in [3.8, 4) is 0 Å². The van der Waals surface area contributed by atoms with Crippen LogP contribution in [0.5, 0.6) is 0 Å². The van der Waals surface area contributed by atoms with Crippen molar-refractivity contribution >= 4 is 22.2 Å². The third kappa shape index (κ3) is 2.32. The second-order valence-corrected chi connectivity index (χ2v) is 5.12. The predicted molar refractivity (Wildman–Crippen MR) is 73.8 cm³/mol. The quantitative estimate of drug-likeness (QED) is 0.751. The number of hydrogen-bond acceptors (Lipinski definition) is 5. The normalized spacial score (nSPS) is 12.4. The van der Waals surface area contributed by atoms with Crippen LogP contribution < -0.4 is 10.9 Å². The van der Waals surface area contributed by atoms with Gasteiger partial charge in [0.25, 0.3) is 11.5 Å². The van der Waals surface area contributed by atoms with Gasteiger partial charge in [-0.1, -0.05) is 0 Å². The third-order valence-corrected chi connectivity index (χ3v) is 3.58. The van der Waals surface area contributed by atoms with E-state index in [4.69, 9.17) is 0 Å². The van der Waals surface area contributed by atoms with E-state index in [9.17, 15) is 9.59 Å². The summed E-state index contributed by atoms with van der Waals surface area (Å²) in [6.07, 6.45) is 6.15. The molecular formula is C12H11N5O2S. The van der Waals surface area contributed by atoms with Gasteiger partial charge in [0.2, 0.25) is 0 Å². The van der Waals surface area contributed by atoms with Crippen LogP contribution in [0.1, 0.15) is 29.1 Å². The summed E-state index contributed by atoms with van der Waals surface area (Å²) in [5.41, 5.74) is 0.594. The summed E-state index contributed by atoms with van der Waals surface area (Å²) in [5, 5.41) is 4.73. The molecule has 0 saturated heterocycles. The lowest BCUT2D eigenvalue weighted by Gasteiger charge is -2.10. The Morgan fingerprint density at radius 3 is 3.10 bits per heavy atom. The maximum Gasteiger partial charge on any atom is 0.271 e. The lowest BCUT2D eigenvalue weighted by molar-refractivity contribution is 0.0933. The molecule has 3 rings (SSSR count). The first-order chi connectivity index (χ1) is 9.63. The number of amides is 1. The minimum absolute atomic E-state index is 0.164. The summed E-state index contributed by atoms with van der Waals surface area (Å²) in [5.74, 6) is -0.356. The summed E-state index contributed by atoms with van der Waals surface area (Å²) in [6.45, 7) is 1.84. The fourth-order valence-electron chi connectivity index (χ4n) is 1.77. The van der Waals surface area contributed by atoms with E-state index < -0.39 is 0 Å². The number of rotatable bonds is 3. The van der Waals surface area contributed by atoms with E-state index in [1.807, 2.05) is 29.1 Å². The minimum atomic E-state index is -0.356. The molecule has 7 nitrogen and oxygen atoms in total. The Morgan fingerprint density at radius 1 is 1.55 bits per heavy atom. The highest BCUT2D eigenvalue weighted by Crippen LogP contribution is 2.16. The highest BCUT2D eigenvalue weighted by Gasteiger charge is 2.15. The van der Waals surface area contributed by atoms with Crippen LogP contribution in [0.3, 0.4) is 0 Å². The molecule has 3 aromatic rings. The van der Waals surface area contributed by atoms with Crippen LogP contribution in [0.2, 0.25) is 0 Å². The average molecular weight is 289 g/mol. The molecule has 0 fully saturated rings.